The molecular weight excluding hydrogens is 221 g/mol. The third-order valence-electron chi connectivity index (χ3n) is 2.36. The Morgan fingerprint density at radius 2 is 2.35 bits per heavy atom. The predicted molar refractivity (Wildman–Crippen MR) is 61.8 cm³/mol. The van der Waals surface area contributed by atoms with Gasteiger partial charge in [-0.05, 0) is 31.3 Å². The lowest BCUT2D eigenvalue weighted by Crippen LogP contribution is -2.18. The Morgan fingerprint density at radius 3 is 2.94 bits per heavy atom. The van der Waals surface area contributed by atoms with Gasteiger partial charge in [0.15, 0.2) is 5.78 Å². The van der Waals surface area contributed by atoms with E-state index in [1.807, 2.05) is 0 Å². The Hall–Kier alpha value is -2.01. The molecule has 0 spiro atoms. The predicted octanol–water partition coefficient (Wildman–Crippen LogP) is 1.41. The van der Waals surface area contributed by atoms with Crippen molar-refractivity contribution in [1.29, 1.82) is 0 Å². The minimum absolute atomic E-state index is 0.140. The molecule has 0 aliphatic carbocycles. The maximum atomic E-state index is 13.8. The monoisotopic (exact) mass is 233 g/mol. The average molecular weight is 233 g/mol. The normalized spacial score (nSPS) is 10.5. The minimum atomic E-state index is -0.462. The Labute approximate surface area is 98.1 Å². The number of nitrogens with one attached hydrogen (secondary N) is 1. The van der Waals surface area contributed by atoms with Crippen molar-refractivity contribution in [3.05, 3.63) is 48.0 Å². The first-order chi connectivity index (χ1) is 8.22. The maximum Gasteiger partial charge on any atom is 0.176 e. The van der Waals surface area contributed by atoms with Crippen molar-refractivity contribution in [3.8, 4) is 5.69 Å². The largest absolute Gasteiger partial charge is 0.313 e. The van der Waals surface area contributed by atoms with Crippen LogP contribution >= 0.6 is 0 Å². The van der Waals surface area contributed by atoms with E-state index in [2.05, 4.69) is 10.4 Å². The molecule has 0 radical (unpaired) electrons. The molecule has 2 aromatic rings. The van der Waals surface area contributed by atoms with Crippen LogP contribution in [0.1, 0.15) is 10.4 Å². The van der Waals surface area contributed by atoms with Crippen LogP contribution in [0.2, 0.25) is 0 Å². The van der Waals surface area contributed by atoms with Crippen molar-refractivity contribution in [1.82, 2.24) is 15.1 Å². The highest BCUT2D eigenvalue weighted by molar-refractivity contribution is 5.97. The first-order valence-corrected chi connectivity index (χ1v) is 5.19. The van der Waals surface area contributed by atoms with Gasteiger partial charge in [-0.2, -0.15) is 5.10 Å². The molecule has 4 nitrogen and oxygen atoms in total. The molecule has 0 aliphatic heterocycles. The molecular formula is C12H12FN3O. The molecule has 0 fully saturated rings. The summed E-state index contributed by atoms with van der Waals surface area (Å²) in [6.45, 7) is 0.195. The van der Waals surface area contributed by atoms with Crippen LogP contribution in [0.15, 0.2) is 36.7 Å². The van der Waals surface area contributed by atoms with Crippen LogP contribution in [0.4, 0.5) is 4.39 Å². The van der Waals surface area contributed by atoms with Crippen molar-refractivity contribution in [3.63, 3.8) is 0 Å². The SMILES string of the molecule is CNCC(=O)c1ccc(-n2cccn2)c(F)c1. The summed E-state index contributed by atoms with van der Waals surface area (Å²) in [5, 5.41) is 6.68. The van der Waals surface area contributed by atoms with Gasteiger partial charge in [-0.1, -0.05) is 0 Å². The number of hydrogen-bond acceptors (Lipinski definition) is 3. The summed E-state index contributed by atoms with van der Waals surface area (Å²) in [5.74, 6) is -0.603. The zero-order valence-electron chi connectivity index (χ0n) is 9.35. The summed E-state index contributed by atoms with van der Waals surface area (Å²) in [6, 6.07) is 6.08. The van der Waals surface area contributed by atoms with Crippen molar-refractivity contribution >= 4 is 5.78 Å². The molecule has 0 atom stereocenters. The standard InChI is InChI=1S/C12H12FN3O/c1-14-8-12(17)9-3-4-11(10(13)7-9)16-6-2-5-15-16/h2-7,14H,8H2,1H3. The molecule has 88 valence electrons. The van der Waals surface area contributed by atoms with Gasteiger partial charge >= 0.3 is 0 Å². The zero-order chi connectivity index (χ0) is 12.3. The second kappa shape index (κ2) is 4.88. The molecule has 0 saturated heterocycles. The molecule has 1 aromatic heterocycles. The van der Waals surface area contributed by atoms with Crippen molar-refractivity contribution in [2.75, 3.05) is 13.6 Å². The van der Waals surface area contributed by atoms with E-state index in [0.717, 1.165) is 0 Å². The molecule has 0 aliphatic rings. The fourth-order valence-corrected chi connectivity index (χ4v) is 1.54. The van der Waals surface area contributed by atoms with Gasteiger partial charge in [0, 0.05) is 18.0 Å². The Balaban J connectivity index is 2.32. The van der Waals surface area contributed by atoms with E-state index >= 15 is 0 Å². The zero-order valence-corrected chi connectivity index (χ0v) is 9.35. The van der Waals surface area contributed by atoms with Crippen molar-refractivity contribution in [2.45, 2.75) is 0 Å². The summed E-state index contributed by atoms with van der Waals surface area (Å²) < 4.78 is 15.2. The van der Waals surface area contributed by atoms with Gasteiger partial charge < -0.3 is 5.32 Å². The Bertz CT molecular complexity index is 523. The molecule has 1 aromatic carbocycles. The van der Waals surface area contributed by atoms with Crippen LogP contribution in [0.3, 0.4) is 0 Å². The number of carbonyl (C=O) groups is 1. The van der Waals surface area contributed by atoms with E-state index in [0.29, 0.717) is 11.3 Å². The Morgan fingerprint density at radius 1 is 1.53 bits per heavy atom. The van der Waals surface area contributed by atoms with E-state index in [4.69, 9.17) is 0 Å². The minimum Gasteiger partial charge on any atom is -0.313 e. The number of benzene rings is 1. The molecule has 0 saturated carbocycles. The van der Waals surface area contributed by atoms with Gasteiger partial charge in [-0.3, -0.25) is 4.79 Å². The number of likely N-dealkylation sites (N-methyl/N-ethyl adjacent to an activating group) is 1. The highest BCUT2D eigenvalue weighted by Crippen LogP contribution is 2.14. The number of ketones is 1. The second-order valence-electron chi connectivity index (χ2n) is 3.57. The van der Waals surface area contributed by atoms with Crippen LogP contribution in [0.25, 0.3) is 5.69 Å². The number of nitrogens with zero attached hydrogens (tertiary/aromatic N) is 2. The van der Waals surface area contributed by atoms with E-state index in [9.17, 15) is 9.18 Å². The van der Waals surface area contributed by atoms with Crippen LogP contribution in [0.5, 0.6) is 0 Å². The number of Topliss-reactive ketones (excluding diaryl/α,β-unsaturated/α-hetero) is 1. The van der Waals surface area contributed by atoms with E-state index in [-0.39, 0.29) is 12.3 Å². The number of halogens is 1. The highest BCUT2D eigenvalue weighted by Gasteiger charge is 2.10. The van der Waals surface area contributed by atoms with Gasteiger partial charge in [0.25, 0.3) is 0 Å². The molecule has 2 rings (SSSR count). The summed E-state index contributed by atoms with van der Waals surface area (Å²) in [5.41, 5.74) is 0.684. The first-order valence-electron chi connectivity index (χ1n) is 5.19. The molecule has 5 heteroatoms. The molecule has 0 unspecified atom stereocenters. The number of rotatable bonds is 4. The van der Waals surface area contributed by atoms with Gasteiger partial charge in [-0.25, -0.2) is 9.07 Å². The summed E-state index contributed by atoms with van der Waals surface area (Å²) >= 11 is 0. The van der Waals surface area contributed by atoms with Gasteiger partial charge in [0.05, 0.1) is 6.54 Å². The average Bonchev–Trinajstić information content (AvgIpc) is 2.82. The topological polar surface area (TPSA) is 46.9 Å². The lowest BCUT2D eigenvalue weighted by atomic mass is 10.1. The fraction of sp³-hybridized carbons (Fsp3) is 0.167. The fourth-order valence-electron chi connectivity index (χ4n) is 1.54. The smallest absolute Gasteiger partial charge is 0.176 e. The molecule has 0 amide bonds. The molecule has 1 heterocycles. The summed E-state index contributed by atoms with van der Waals surface area (Å²) in [4.78, 5) is 11.5. The van der Waals surface area contributed by atoms with E-state index in [1.165, 1.54) is 10.7 Å². The Kier molecular flexibility index (Phi) is 3.30. The van der Waals surface area contributed by atoms with Crippen LogP contribution < -0.4 is 5.32 Å². The van der Waals surface area contributed by atoms with Gasteiger partial charge in [0.1, 0.15) is 11.5 Å². The molecule has 1 N–H and O–H groups in total. The lowest BCUT2D eigenvalue weighted by Gasteiger charge is -2.05. The third-order valence-corrected chi connectivity index (χ3v) is 2.36. The second-order valence-corrected chi connectivity index (χ2v) is 3.57. The lowest BCUT2D eigenvalue weighted by molar-refractivity contribution is 0.0993. The first kappa shape index (κ1) is 11.5. The van der Waals surface area contributed by atoms with Crippen molar-refractivity contribution < 1.29 is 9.18 Å². The molecule has 17 heavy (non-hydrogen) atoms. The number of aromatic nitrogens is 2. The number of carbonyl (C=O) groups excluding carboxylic acids is 1. The highest BCUT2D eigenvalue weighted by atomic mass is 19.1. The van der Waals surface area contributed by atoms with Crippen LogP contribution in [-0.4, -0.2) is 29.2 Å². The van der Waals surface area contributed by atoms with Gasteiger partial charge in [0.2, 0.25) is 0 Å². The number of hydrogen-bond donors (Lipinski definition) is 1. The maximum absolute atomic E-state index is 13.8. The van der Waals surface area contributed by atoms with Gasteiger partial charge in [-0.15, -0.1) is 0 Å². The van der Waals surface area contributed by atoms with Crippen molar-refractivity contribution in [2.24, 2.45) is 0 Å². The van der Waals surface area contributed by atoms with Crippen LogP contribution in [0, 0.1) is 5.82 Å². The summed E-state index contributed by atoms with van der Waals surface area (Å²) in [6.07, 6.45) is 3.22. The van der Waals surface area contributed by atoms with Crippen LogP contribution in [-0.2, 0) is 0 Å². The molecule has 0 bridgehead atoms. The van der Waals surface area contributed by atoms with E-state index in [1.54, 1.807) is 37.6 Å². The quantitative estimate of drug-likeness (QED) is 0.812. The summed E-state index contributed by atoms with van der Waals surface area (Å²) in [7, 11) is 1.67. The van der Waals surface area contributed by atoms with E-state index < -0.39 is 5.82 Å². The third kappa shape index (κ3) is 2.39.